The van der Waals surface area contributed by atoms with Crippen molar-refractivity contribution < 1.29 is 9.84 Å². The largest absolute Gasteiger partial charge is 0.491 e. The minimum Gasteiger partial charge on any atom is -0.491 e. The van der Waals surface area contributed by atoms with Gasteiger partial charge in [-0.1, -0.05) is 64.1 Å². The zero-order valence-corrected chi connectivity index (χ0v) is 17.3. The highest BCUT2D eigenvalue weighted by atomic mass is 16.5. The van der Waals surface area contributed by atoms with Crippen LogP contribution in [0.1, 0.15) is 69.7 Å². The smallest absolute Gasteiger partial charge is 0.119 e. The van der Waals surface area contributed by atoms with Gasteiger partial charge in [-0.3, -0.25) is 0 Å². The van der Waals surface area contributed by atoms with Gasteiger partial charge in [0.2, 0.25) is 0 Å². The summed E-state index contributed by atoms with van der Waals surface area (Å²) >= 11 is 0. The quantitative estimate of drug-likeness (QED) is 0.663. The fourth-order valence-electron chi connectivity index (χ4n) is 3.99. The van der Waals surface area contributed by atoms with E-state index in [1.807, 2.05) is 12.1 Å². The molecule has 1 aliphatic carbocycles. The molecule has 2 aromatic rings. The Balaban J connectivity index is 1.89. The molecule has 2 aromatic carbocycles. The van der Waals surface area contributed by atoms with Crippen molar-refractivity contribution in [2.45, 2.75) is 58.3 Å². The van der Waals surface area contributed by atoms with Crippen molar-refractivity contribution >= 4 is 11.6 Å². The Kier molecular flexibility index (Phi) is 5.48. The molecule has 2 heteroatoms. The highest BCUT2D eigenvalue weighted by Gasteiger charge is 2.36. The van der Waals surface area contributed by atoms with Crippen LogP contribution in [0.3, 0.4) is 0 Å². The SMILES string of the molecule is C/C(=C\c1ccc(OCCO)cc1)c1ccc2c(c1)C(C)(C)CCC2(C)C. The van der Waals surface area contributed by atoms with Gasteiger partial charge in [-0.25, -0.2) is 0 Å². The molecule has 27 heavy (non-hydrogen) atoms. The number of benzene rings is 2. The molecule has 0 radical (unpaired) electrons. The molecule has 0 amide bonds. The van der Waals surface area contributed by atoms with E-state index >= 15 is 0 Å². The highest BCUT2D eigenvalue weighted by molar-refractivity contribution is 5.80. The second kappa shape index (κ2) is 7.52. The summed E-state index contributed by atoms with van der Waals surface area (Å²) in [4.78, 5) is 0. The van der Waals surface area contributed by atoms with Gasteiger partial charge in [0.25, 0.3) is 0 Å². The average Bonchev–Trinajstić information content (AvgIpc) is 2.65. The maximum atomic E-state index is 8.85. The van der Waals surface area contributed by atoms with Crippen LogP contribution < -0.4 is 4.74 Å². The van der Waals surface area contributed by atoms with Gasteiger partial charge < -0.3 is 9.84 Å². The van der Waals surface area contributed by atoms with Crippen molar-refractivity contribution in [3.8, 4) is 5.75 Å². The number of hydrogen-bond donors (Lipinski definition) is 1. The predicted molar refractivity (Wildman–Crippen MR) is 114 cm³/mol. The zero-order chi connectivity index (χ0) is 19.7. The minimum atomic E-state index is 0.0340. The normalized spacial score (nSPS) is 18.1. The fourth-order valence-corrected chi connectivity index (χ4v) is 3.99. The fraction of sp³-hybridized carbons (Fsp3) is 0.440. The molecule has 0 spiro atoms. The highest BCUT2D eigenvalue weighted by Crippen LogP contribution is 2.46. The molecule has 0 heterocycles. The minimum absolute atomic E-state index is 0.0340. The Bertz CT molecular complexity index is 826. The first-order chi connectivity index (χ1) is 12.7. The Morgan fingerprint density at radius 3 is 2.22 bits per heavy atom. The van der Waals surface area contributed by atoms with Crippen molar-refractivity contribution in [1.82, 2.24) is 0 Å². The molecule has 2 nitrogen and oxygen atoms in total. The van der Waals surface area contributed by atoms with E-state index in [2.05, 4.69) is 71.0 Å². The predicted octanol–water partition coefficient (Wildman–Crippen LogP) is 5.97. The van der Waals surface area contributed by atoms with E-state index in [1.54, 1.807) is 0 Å². The lowest BCUT2D eigenvalue weighted by atomic mass is 9.63. The molecule has 0 saturated carbocycles. The maximum absolute atomic E-state index is 8.85. The molecule has 0 bridgehead atoms. The molecule has 0 aliphatic heterocycles. The summed E-state index contributed by atoms with van der Waals surface area (Å²) in [5, 5.41) is 8.85. The van der Waals surface area contributed by atoms with E-state index in [1.165, 1.54) is 35.1 Å². The van der Waals surface area contributed by atoms with Gasteiger partial charge in [0, 0.05) is 0 Å². The number of hydrogen-bond acceptors (Lipinski definition) is 2. The van der Waals surface area contributed by atoms with Crippen LogP contribution >= 0.6 is 0 Å². The first-order valence-electron chi connectivity index (χ1n) is 9.90. The number of fused-ring (bicyclic) bond motifs is 1. The van der Waals surface area contributed by atoms with E-state index in [9.17, 15) is 0 Å². The number of aliphatic hydroxyl groups is 1. The molecule has 0 saturated heterocycles. The van der Waals surface area contributed by atoms with Crippen molar-refractivity contribution in [1.29, 1.82) is 0 Å². The lowest BCUT2D eigenvalue weighted by Gasteiger charge is -2.42. The van der Waals surface area contributed by atoms with Crippen LogP contribution in [0, 0.1) is 0 Å². The third kappa shape index (κ3) is 4.27. The second-order valence-corrected chi connectivity index (χ2v) is 9.00. The van der Waals surface area contributed by atoms with Crippen LogP contribution in [-0.2, 0) is 10.8 Å². The van der Waals surface area contributed by atoms with Gasteiger partial charge in [0.05, 0.1) is 6.61 Å². The van der Waals surface area contributed by atoms with Crippen LogP contribution in [0.5, 0.6) is 5.75 Å². The Morgan fingerprint density at radius 2 is 1.59 bits per heavy atom. The van der Waals surface area contributed by atoms with Crippen LogP contribution in [0.15, 0.2) is 42.5 Å². The van der Waals surface area contributed by atoms with E-state index in [0.29, 0.717) is 6.61 Å². The summed E-state index contributed by atoms with van der Waals surface area (Å²) in [5.41, 5.74) is 7.19. The first-order valence-corrected chi connectivity index (χ1v) is 9.90. The third-order valence-corrected chi connectivity index (χ3v) is 5.93. The average molecular weight is 365 g/mol. The lowest BCUT2D eigenvalue weighted by Crippen LogP contribution is -2.33. The van der Waals surface area contributed by atoms with Crippen molar-refractivity contribution in [2.75, 3.05) is 13.2 Å². The van der Waals surface area contributed by atoms with Gasteiger partial charge in [-0.05, 0) is 70.6 Å². The lowest BCUT2D eigenvalue weighted by molar-refractivity contribution is 0.201. The van der Waals surface area contributed by atoms with Gasteiger partial charge in [-0.15, -0.1) is 0 Å². The summed E-state index contributed by atoms with van der Waals surface area (Å²) in [6.45, 7) is 12.0. The number of aliphatic hydroxyl groups excluding tert-OH is 1. The van der Waals surface area contributed by atoms with Gasteiger partial charge >= 0.3 is 0 Å². The van der Waals surface area contributed by atoms with Crippen molar-refractivity contribution in [3.63, 3.8) is 0 Å². The standard InChI is InChI=1S/C25H32O2/c1-18(16-19-6-9-21(10-7-19)27-15-14-26)20-8-11-22-23(17-20)25(4,5)13-12-24(22,2)3/h6-11,16-17,26H,12-15H2,1-5H3/b18-16+. The maximum Gasteiger partial charge on any atom is 0.119 e. The topological polar surface area (TPSA) is 29.5 Å². The number of rotatable bonds is 5. The first kappa shape index (κ1) is 19.7. The molecular formula is C25H32O2. The third-order valence-electron chi connectivity index (χ3n) is 5.93. The van der Waals surface area contributed by atoms with Crippen LogP contribution in [0.4, 0.5) is 0 Å². The molecule has 0 fully saturated rings. The molecule has 0 unspecified atom stereocenters. The van der Waals surface area contributed by atoms with E-state index in [4.69, 9.17) is 9.84 Å². The van der Waals surface area contributed by atoms with Crippen LogP contribution in [0.25, 0.3) is 11.6 Å². The number of ether oxygens (including phenoxy) is 1. The molecule has 1 aliphatic rings. The van der Waals surface area contributed by atoms with Crippen molar-refractivity contribution in [3.05, 3.63) is 64.7 Å². The molecular weight excluding hydrogens is 332 g/mol. The molecule has 0 aromatic heterocycles. The van der Waals surface area contributed by atoms with Gasteiger partial charge in [0.15, 0.2) is 0 Å². The summed E-state index contributed by atoms with van der Waals surface area (Å²) in [5.74, 6) is 0.789. The van der Waals surface area contributed by atoms with Gasteiger partial charge in [-0.2, -0.15) is 0 Å². The van der Waals surface area contributed by atoms with E-state index in [0.717, 1.165) is 11.3 Å². The Labute approximate surface area is 163 Å². The summed E-state index contributed by atoms with van der Waals surface area (Å²) in [6.07, 6.45) is 4.69. The van der Waals surface area contributed by atoms with E-state index < -0.39 is 0 Å². The molecule has 1 N–H and O–H groups in total. The van der Waals surface area contributed by atoms with Crippen LogP contribution in [-0.4, -0.2) is 18.3 Å². The zero-order valence-electron chi connectivity index (χ0n) is 17.3. The summed E-state index contributed by atoms with van der Waals surface area (Å²) < 4.78 is 5.43. The molecule has 3 rings (SSSR count). The molecule has 0 atom stereocenters. The molecule has 144 valence electrons. The number of allylic oxidation sites excluding steroid dienone is 1. The monoisotopic (exact) mass is 364 g/mol. The van der Waals surface area contributed by atoms with Gasteiger partial charge in [0.1, 0.15) is 12.4 Å². The summed E-state index contributed by atoms with van der Waals surface area (Å²) in [7, 11) is 0. The second-order valence-electron chi connectivity index (χ2n) is 9.00. The Hall–Kier alpha value is -2.06. The van der Waals surface area contributed by atoms with Crippen LogP contribution in [0.2, 0.25) is 0 Å². The van der Waals surface area contributed by atoms with E-state index in [-0.39, 0.29) is 17.4 Å². The summed E-state index contributed by atoms with van der Waals surface area (Å²) in [6, 6.07) is 15.0. The Morgan fingerprint density at radius 1 is 0.963 bits per heavy atom. The van der Waals surface area contributed by atoms with Crippen molar-refractivity contribution in [2.24, 2.45) is 0 Å².